The summed E-state index contributed by atoms with van der Waals surface area (Å²) >= 11 is 0. The summed E-state index contributed by atoms with van der Waals surface area (Å²) < 4.78 is 23.9. The number of carbonyl (C=O) groups is 1. The molecule has 2 aromatic rings. The molecule has 0 heterocycles. The minimum Gasteiger partial charge on any atom is -0.497 e. The monoisotopic (exact) mass is 332 g/mol. The van der Waals surface area contributed by atoms with Crippen molar-refractivity contribution in [1.82, 2.24) is 0 Å². The van der Waals surface area contributed by atoms with E-state index < -0.39 is 11.7 Å². The van der Waals surface area contributed by atoms with Gasteiger partial charge in [0.05, 0.1) is 12.7 Å². The number of hydrogen-bond acceptors (Lipinski definition) is 4. The van der Waals surface area contributed by atoms with Crippen molar-refractivity contribution in [1.29, 1.82) is 0 Å². The van der Waals surface area contributed by atoms with Crippen LogP contribution in [0.25, 0.3) is 0 Å². The Morgan fingerprint density at radius 2 is 2.04 bits per heavy atom. The largest absolute Gasteiger partial charge is 0.497 e. The molecule has 0 bridgehead atoms. The predicted molar refractivity (Wildman–Crippen MR) is 90.8 cm³/mol. The normalized spacial score (nSPS) is 11.8. The zero-order chi connectivity index (χ0) is 17.5. The second-order valence-electron chi connectivity index (χ2n) is 5.31. The standard InChI is InChI=1S/C18H21FN2O3/c1-23-9-8-17(20)12-4-3-5-13(10-12)21-18(22)15-7-6-14(24-2)11-16(15)19/h3-7,10-11,17H,8-9,20H2,1-2H3,(H,21,22). The maximum absolute atomic E-state index is 14.0. The lowest BCUT2D eigenvalue weighted by Crippen LogP contribution is -2.16. The highest BCUT2D eigenvalue weighted by Gasteiger charge is 2.14. The van der Waals surface area contributed by atoms with E-state index in [1.807, 2.05) is 6.07 Å². The number of ether oxygens (including phenoxy) is 2. The van der Waals surface area contributed by atoms with Crippen LogP contribution in [0.2, 0.25) is 0 Å². The summed E-state index contributed by atoms with van der Waals surface area (Å²) in [6.07, 6.45) is 0.668. The van der Waals surface area contributed by atoms with Crippen LogP contribution < -0.4 is 15.8 Å². The number of hydrogen-bond donors (Lipinski definition) is 2. The highest BCUT2D eigenvalue weighted by atomic mass is 19.1. The number of halogens is 1. The molecule has 0 saturated carbocycles. The van der Waals surface area contributed by atoms with Gasteiger partial charge in [0.25, 0.3) is 5.91 Å². The molecule has 0 aliphatic rings. The summed E-state index contributed by atoms with van der Waals surface area (Å²) in [5.41, 5.74) is 7.46. The SMILES string of the molecule is COCCC(N)c1cccc(NC(=O)c2ccc(OC)cc2F)c1. The minimum absolute atomic E-state index is 0.0510. The number of nitrogens with one attached hydrogen (secondary N) is 1. The Kier molecular flexibility index (Phi) is 6.28. The van der Waals surface area contributed by atoms with Gasteiger partial charge < -0.3 is 20.5 Å². The molecule has 3 N–H and O–H groups in total. The molecule has 1 atom stereocenters. The van der Waals surface area contributed by atoms with Gasteiger partial charge in [0.2, 0.25) is 0 Å². The highest BCUT2D eigenvalue weighted by molar-refractivity contribution is 6.04. The molecule has 0 spiro atoms. The zero-order valence-corrected chi connectivity index (χ0v) is 13.7. The van der Waals surface area contributed by atoms with Gasteiger partial charge >= 0.3 is 0 Å². The lowest BCUT2D eigenvalue weighted by molar-refractivity contribution is 0.102. The molecule has 6 heteroatoms. The fourth-order valence-corrected chi connectivity index (χ4v) is 2.26. The molecule has 2 aromatic carbocycles. The Labute approximate surface area is 140 Å². The van der Waals surface area contributed by atoms with Crippen molar-refractivity contribution in [3.8, 4) is 5.75 Å². The van der Waals surface area contributed by atoms with Gasteiger partial charge in [0, 0.05) is 31.5 Å². The van der Waals surface area contributed by atoms with Crippen molar-refractivity contribution >= 4 is 11.6 Å². The summed E-state index contributed by atoms with van der Waals surface area (Å²) in [6, 6.07) is 11.1. The average Bonchev–Trinajstić information content (AvgIpc) is 2.59. The van der Waals surface area contributed by atoms with E-state index in [0.29, 0.717) is 24.5 Å². The highest BCUT2D eigenvalue weighted by Crippen LogP contribution is 2.21. The van der Waals surface area contributed by atoms with Crippen molar-refractivity contribution < 1.29 is 18.7 Å². The van der Waals surface area contributed by atoms with E-state index in [9.17, 15) is 9.18 Å². The lowest BCUT2D eigenvalue weighted by atomic mass is 10.0. The van der Waals surface area contributed by atoms with Crippen molar-refractivity contribution in [2.24, 2.45) is 5.73 Å². The van der Waals surface area contributed by atoms with Gasteiger partial charge in [-0.15, -0.1) is 0 Å². The summed E-state index contributed by atoms with van der Waals surface area (Å²) in [7, 11) is 3.06. The number of benzene rings is 2. The maximum Gasteiger partial charge on any atom is 0.258 e. The molecule has 0 saturated heterocycles. The molecule has 128 valence electrons. The van der Waals surface area contributed by atoms with E-state index in [1.54, 1.807) is 25.3 Å². The molecule has 0 aliphatic carbocycles. The van der Waals surface area contributed by atoms with Crippen LogP contribution in [0.3, 0.4) is 0 Å². The first-order valence-electron chi connectivity index (χ1n) is 7.54. The Morgan fingerprint density at radius 1 is 1.25 bits per heavy atom. The average molecular weight is 332 g/mol. The van der Waals surface area contributed by atoms with Crippen LogP contribution in [0, 0.1) is 5.82 Å². The summed E-state index contributed by atoms with van der Waals surface area (Å²) in [6.45, 7) is 0.550. The fraction of sp³-hybridized carbons (Fsp3) is 0.278. The quantitative estimate of drug-likeness (QED) is 0.817. The summed E-state index contributed by atoms with van der Waals surface area (Å²) in [4.78, 5) is 12.2. The second kappa shape index (κ2) is 8.42. The molecular weight excluding hydrogens is 311 g/mol. The van der Waals surface area contributed by atoms with Gasteiger partial charge in [0.1, 0.15) is 11.6 Å². The fourth-order valence-electron chi connectivity index (χ4n) is 2.26. The Bertz CT molecular complexity index is 706. The van der Waals surface area contributed by atoms with Crippen molar-refractivity contribution in [2.45, 2.75) is 12.5 Å². The van der Waals surface area contributed by atoms with Crippen LogP contribution in [0.1, 0.15) is 28.4 Å². The van der Waals surface area contributed by atoms with Crippen LogP contribution in [-0.2, 0) is 4.74 Å². The van der Waals surface area contributed by atoms with Gasteiger partial charge in [-0.05, 0) is 36.2 Å². The smallest absolute Gasteiger partial charge is 0.258 e. The Morgan fingerprint density at radius 3 is 2.71 bits per heavy atom. The van der Waals surface area contributed by atoms with Gasteiger partial charge in [0.15, 0.2) is 0 Å². The number of rotatable bonds is 7. The third kappa shape index (κ3) is 4.53. The maximum atomic E-state index is 14.0. The number of amides is 1. The molecule has 24 heavy (non-hydrogen) atoms. The number of methoxy groups -OCH3 is 2. The van der Waals surface area contributed by atoms with Gasteiger partial charge in [-0.25, -0.2) is 4.39 Å². The number of carbonyl (C=O) groups excluding carboxylic acids is 1. The summed E-state index contributed by atoms with van der Waals surface area (Å²) in [5, 5.41) is 2.68. The first-order valence-corrected chi connectivity index (χ1v) is 7.54. The van der Waals surface area contributed by atoms with Gasteiger partial charge in [-0.3, -0.25) is 4.79 Å². The number of nitrogens with two attached hydrogens (primary N) is 1. The Hall–Kier alpha value is -2.44. The first kappa shape index (κ1) is 17.9. The topological polar surface area (TPSA) is 73.6 Å². The molecule has 0 aromatic heterocycles. The van der Waals surface area contributed by atoms with Crippen molar-refractivity contribution in [3.05, 3.63) is 59.4 Å². The van der Waals surface area contributed by atoms with Crippen molar-refractivity contribution in [2.75, 3.05) is 26.1 Å². The van der Waals surface area contributed by atoms with E-state index >= 15 is 0 Å². The van der Waals surface area contributed by atoms with Gasteiger partial charge in [-0.1, -0.05) is 12.1 Å². The molecular formula is C18H21FN2O3. The molecule has 5 nitrogen and oxygen atoms in total. The van der Waals surface area contributed by atoms with E-state index in [-0.39, 0.29) is 11.6 Å². The third-order valence-corrected chi connectivity index (χ3v) is 3.63. The van der Waals surface area contributed by atoms with E-state index in [1.165, 1.54) is 25.3 Å². The predicted octanol–water partition coefficient (Wildman–Crippen LogP) is 3.12. The van der Waals surface area contributed by atoms with E-state index in [0.717, 1.165) is 5.56 Å². The van der Waals surface area contributed by atoms with Crippen LogP contribution in [0.4, 0.5) is 10.1 Å². The molecule has 0 radical (unpaired) electrons. The Balaban J connectivity index is 2.12. The van der Waals surface area contributed by atoms with Crippen molar-refractivity contribution in [3.63, 3.8) is 0 Å². The molecule has 1 unspecified atom stereocenters. The van der Waals surface area contributed by atoms with Gasteiger partial charge in [-0.2, -0.15) is 0 Å². The first-order chi connectivity index (χ1) is 11.5. The van der Waals surface area contributed by atoms with E-state index in [2.05, 4.69) is 5.32 Å². The van der Waals surface area contributed by atoms with E-state index in [4.69, 9.17) is 15.2 Å². The van der Waals surface area contributed by atoms with Crippen LogP contribution in [-0.4, -0.2) is 26.7 Å². The number of anilines is 1. The molecule has 0 fully saturated rings. The van der Waals surface area contributed by atoms with Crippen LogP contribution >= 0.6 is 0 Å². The zero-order valence-electron chi connectivity index (χ0n) is 13.7. The minimum atomic E-state index is -0.639. The summed E-state index contributed by atoms with van der Waals surface area (Å²) in [5.74, 6) is -0.812. The molecule has 2 rings (SSSR count). The molecule has 1 amide bonds. The van der Waals surface area contributed by atoms with Crippen LogP contribution in [0.5, 0.6) is 5.75 Å². The van der Waals surface area contributed by atoms with Crippen LogP contribution in [0.15, 0.2) is 42.5 Å². The third-order valence-electron chi connectivity index (χ3n) is 3.63. The molecule has 0 aliphatic heterocycles. The second-order valence-corrected chi connectivity index (χ2v) is 5.31. The lowest BCUT2D eigenvalue weighted by Gasteiger charge is -2.13.